The first-order valence-corrected chi connectivity index (χ1v) is 8.16. The predicted octanol–water partition coefficient (Wildman–Crippen LogP) is 3.23. The lowest BCUT2D eigenvalue weighted by atomic mass is 10.2. The van der Waals surface area contributed by atoms with Gasteiger partial charge < -0.3 is 25.0 Å². The summed E-state index contributed by atoms with van der Waals surface area (Å²) in [5, 5.41) is 15.0. The van der Waals surface area contributed by atoms with Crippen LogP contribution in [0.1, 0.15) is 0 Å². The standard InChI is InChI=1S/C20H22N4O3/c1-24(2)17-7-5-6-15(10-17)22-13-14(12-21)20(25)23-16-8-9-18(26-3)19(11-16)27-4/h5-11,13,22H,1-4H3,(H,23,25)/b14-13-. The third kappa shape index (κ3) is 5.16. The molecule has 0 atom stereocenters. The van der Waals surface area contributed by atoms with Crippen LogP contribution in [-0.2, 0) is 4.79 Å². The van der Waals surface area contributed by atoms with Gasteiger partial charge in [0.15, 0.2) is 11.5 Å². The van der Waals surface area contributed by atoms with Crippen LogP contribution in [-0.4, -0.2) is 34.2 Å². The molecule has 2 aromatic carbocycles. The Kier molecular flexibility index (Phi) is 6.67. The van der Waals surface area contributed by atoms with Gasteiger partial charge in [-0.2, -0.15) is 5.26 Å². The maximum atomic E-state index is 12.4. The average Bonchev–Trinajstić information content (AvgIpc) is 2.68. The van der Waals surface area contributed by atoms with Gasteiger partial charge in [0.1, 0.15) is 11.6 Å². The number of carbonyl (C=O) groups excluding carboxylic acids is 1. The van der Waals surface area contributed by atoms with Crippen molar-refractivity contribution in [3.05, 3.63) is 54.2 Å². The van der Waals surface area contributed by atoms with Crippen LogP contribution in [0.5, 0.6) is 11.5 Å². The number of benzene rings is 2. The van der Waals surface area contributed by atoms with E-state index in [-0.39, 0.29) is 5.57 Å². The normalized spacial score (nSPS) is 10.6. The van der Waals surface area contributed by atoms with E-state index in [0.29, 0.717) is 17.2 Å². The molecule has 0 heterocycles. The van der Waals surface area contributed by atoms with Crippen molar-refractivity contribution >= 4 is 23.0 Å². The minimum atomic E-state index is -0.527. The molecule has 0 spiro atoms. The number of nitrogens with zero attached hydrogens (tertiary/aromatic N) is 2. The molecule has 0 saturated heterocycles. The molecule has 0 bridgehead atoms. The Morgan fingerprint density at radius 2 is 1.81 bits per heavy atom. The van der Waals surface area contributed by atoms with Crippen LogP contribution in [0.15, 0.2) is 54.2 Å². The fraction of sp³-hybridized carbons (Fsp3) is 0.200. The van der Waals surface area contributed by atoms with Crippen LogP contribution in [0.2, 0.25) is 0 Å². The summed E-state index contributed by atoms with van der Waals surface area (Å²) in [7, 11) is 6.91. The number of nitrogens with one attached hydrogen (secondary N) is 2. The number of hydrogen-bond donors (Lipinski definition) is 2. The Bertz CT molecular complexity index is 885. The van der Waals surface area contributed by atoms with E-state index >= 15 is 0 Å². The summed E-state index contributed by atoms with van der Waals surface area (Å²) in [4.78, 5) is 14.3. The Balaban J connectivity index is 2.13. The molecular formula is C20H22N4O3. The van der Waals surface area contributed by atoms with Crippen molar-refractivity contribution in [3.8, 4) is 17.6 Å². The number of rotatable bonds is 7. The minimum absolute atomic E-state index is 0.0555. The molecule has 0 fully saturated rings. The summed E-state index contributed by atoms with van der Waals surface area (Å²) in [5.41, 5.74) is 2.21. The third-order valence-electron chi connectivity index (χ3n) is 3.75. The number of amides is 1. The monoisotopic (exact) mass is 366 g/mol. The number of carbonyl (C=O) groups is 1. The Morgan fingerprint density at radius 1 is 1.07 bits per heavy atom. The number of hydrogen-bond acceptors (Lipinski definition) is 6. The van der Waals surface area contributed by atoms with E-state index in [1.807, 2.05) is 49.3 Å². The highest BCUT2D eigenvalue weighted by Crippen LogP contribution is 2.29. The van der Waals surface area contributed by atoms with Gasteiger partial charge >= 0.3 is 0 Å². The summed E-state index contributed by atoms with van der Waals surface area (Å²) < 4.78 is 10.4. The van der Waals surface area contributed by atoms with Crippen molar-refractivity contribution in [2.45, 2.75) is 0 Å². The van der Waals surface area contributed by atoms with Crippen molar-refractivity contribution in [1.29, 1.82) is 5.26 Å². The second-order valence-electron chi connectivity index (χ2n) is 5.78. The zero-order chi connectivity index (χ0) is 19.8. The van der Waals surface area contributed by atoms with Crippen LogP contribution in [0.4, 0.5) is 17.1 Å². The first kappa shape index (κ1) is 19.7. The van der Waals surface area contributed by atoms with Gasteiger partial charge in [0.2, 0.25) is 0 Å². The van der Waals surface area contributed by atoms with E-state index in [2.05, 4.69) is 10.6 Å². The van der Waals surface area contributed by atoms with E-state index in [1.165, 1.54) is 20.4 Å². The van der Waals surface area contributed by atoms with Gasteiger partial charge in [0.05, 0.1) is 14.2 Å². The average molecular weight is 366 g/mol. The van der Waals surface area contributed by atoms with E-state index in [4.69, 9.17) is 9.47 Å². The first-order chi connectivity index (χ1) is 13.0. The maximum absolute atomic E-state index is 12.4. The van der Waals surface area contributed by atoms with Gasteiger partial charge in [0.25, 0.3) is 5.91 Å². The van der Waals surface area contributed by atoms with E-state index in [1.54, 1.807) is 18.2 Å². The van der Waals surface area contributed by atoms with Crippen LogP contribution < -0.4 is 25.0 Å². The maximum Gasteiger partial charge on any atom is 0.267 e. The largest absolute Gasteiger partial charge is 0.493 e. The molecule has 27 heavy (non-hydrogen) atoms. The lowest BCUT2D eigenvalue weighted by molar-refractivity contribution is -0.112. The molecule has 2 rings (SSSR count). The van der Waals surface area contributed by atoms with Crippen LogP contribution >= 0.6 is 0 Å². The lowest BCUT2D eigenvalue weighted by Crippen LogP contribution is -2.14. The molecule has 7 heteroatoms. The summed E-state index contributed by atoms with van der Waals surface area (Å²) in [6, 6.07) is 14.5. The van der Waals surface area contributed by atoms with Crippen molar-refractivity contribution < 1.29 is 14.3 Å². The van der Waals surface area contributed by atoms with Gasteiger partial charge in [-0.15, -0.1) is 0 Å². The molecule has 0 aromatic heterocycles. The summed E-state index contributed by atoms with van der Waals surface area (Å²) in [6.45, 7) is 0. The number of nitriles is 1. The number of anilines is 3. The topological polar surface area (TPSA) is 86.6 Å². The predicted molar refractivity (Wildman–Crippen MR) is 106 cm³/mol. The first-order valence-electron chi connectivity index (χ1n) is 8.16. The van der Waals surface area contributed by atoms with E-state index in [0.717, 1.165) is 11.4 Å². The molecule has 0 unspecified atom stereocenters. The third-order valence-corrected chi connectivity index (χ3v) is 3.75. The van der Waals surface area contributed by atoms with Gasteiger partial charge in [-0.3, -0.25) is 4.79 Å². The SMILES string of the molecule is COc1ccc(NC(=O)/C(C#N)=C\Nc2cccc(N(C)C)c2)cc1OC. The highest BCUT2D eigenvalue weighted by atomic mass is 16.5. The van der Waals surface area contributed by atoms with Gasteiger partial charge in [-0.25, -0.2) is 0 Å². The molecule has 0 saturated carbocycles. The molecular weight excluding hydrogens is 344 g/mol. The molecule has 0 aliphatic carbocycles. The molecule has 2 N–H and O–H groups in total. The highest BCUT2D eigenvalue weighted by molar-refractivity contribution is 6.06. The van der Waals surface area contributed by atoms with Crippen molar-refractivity contribution in [3.63, 3.8) is 0 Å². The Hall–Kier alpha value is -3.66. The van der Waals surface area contributed by atoms with Gasteiger partial charge in [-0.1, -0.05) is 6.07 Å². The second kappa shape index (κ2) is 9.15. The second-order valence-corrected chi connectivity index (χ2v) is 5.78. The van der Waals surface area contributed by atoms with Gasteiger partial charge in [0, 0.05) is 43.4 Å². The number of ether oxygens (including phenoxy) is 2. The van der Waals surface area contributed by atoms with Crippen LogP contribution in [0, 0.1) is 11.3 Å². The summed E-state index contributed by atoms with van der Waals surface area (Å²) >= 11 is 0. The molecule has 0 aliphatic heterocycles. The van der Waals surface area contributed by atoms with E-state index in [9.17, 15) is 10.1 Å². The van der Waals surface area contributed by atoms with Crippen molar-refractivity contribution in [2.75, 3.05) is 43.8 Å². The fourth-order valence-corrected chi connectivity index (χ4v) is 2.29. The zero-order valence-electron chi connectivity index (χ0n) is 15.7. The zero-order valence-corrected chi connectivity index (χ0v) is 15.7. The Morgan fingerprint density at radius 3 is 2.44 bits per heavy atom. The molecule has 0 radical (unpaired) electrons. The van der Waals surface area contributed by atoms with Crippen molar-refractivity contribution in [2.24, 2.45) is 0 Å². The van der Waals surface area contributed by atoms with Crippen molar-refractivity contribution in [1.82, 2.24) is 0 Å². The van der Waals surface area contributed by atoms with Gasteiger partial charge in [-0.05, 0) is 30.3 Å². The highest BCUT2D eigenvalue weighted by Gasteiger charge is 2.11. The summed E-state index contributed by atoms with van der Waals surface area (Å²) in [6.07, 6.45) is 1.38. The lowest BCUT2D eigenvalue weighted by Gasteiger charge is -2.13. The quantitative estimate of drug-likeness (QED) is 0.578. The molecule has 140 valence electrons. The Labute approximate surface area is 158 Å². The minimum Gasteiger partial charge on any atom is -0.493 e. The fourth-order valence-electron chi connectivity index (χ4n) is 2.29. The molecule has 7 nitrogen and oxygen atoms in total. The molecule has 1 amide bonds. The smallest absolute Gasteiger partial charge is 0.267 e. The number of methoxy groups -OCH3 is 2. The van der Waals surface area contributed by atoms with Crippen LogP contribution in [0.25, 0.3) is 0 Å². The summed E-state index contributed by atoms with van der Waals surface area (Å²) in [5.74, 6) is 0.506. The van der Waals surface area contributed by atoms with Crippen LogP contribution in [0.3, 0.4) is 0 Å². The molecule has 0 aliphatic rings. The van der Waals surface area contributed by atoms with E-state index < -0.39 is 5.91 Å². The molecule has 2 aromatic rings.